The molecule has 0 bridgehead atoms. The molecule has 0 aliphatic carbocycles. The predicted octanol–water partition coefficient (Wildman–Crippen LogP) is 4.47. The highest BCUT2D eigenvalue weighted by Crippen LogP contribution is 2.39. The van der Waals surface area contributed by atoms with Gasteiger partial charge in [-0.3, -0.25) is 0 Å². The summed E-state index contributed by atoms with van der Waals surface area (Å²) in [6.07, 6.45) is 1.20. The van der Waals surface area contributed by atoms with Gasteiger partial charge in [-0.05, 0) is 37.4 Å². The monoisotopic (exact) mass is 331 g/mol. The molecule has 0 amide bonds. The van der Waals surface area contributed by atoms with Crippen LogP contribution < -0.4 is 10.1 Å². The van der Waals surface area contributed by atoms with Crippen molar-refractivity contribution < 1.29 is 9.47 Å². The van der Waals surface area contributed by atoms with E-state index in [-0.39, 0.29) is 12.1 Å². The van der Waals surface area contributed by atoms with Gasteiger partial charge in [-0.15, -0.1) is 0 Å². The van der Waals surface area contributed by atoms with E-state index in [2.05, 4.69) is 19.2 Å². The summed E-state index contributed by atoms with van der Waals surface area (Å²) in [7, 11) is 0. The van der Waals surface area contributed by atoms with Crippen LogP contribution in [0.2, 0.25) is 10.0 Å². The van der Waals surface area contributed by atoms with Crippen molar-refractivity contribution in [3.63, 3.8) is 0 Å². The number of rotatable bonds is 6. The van der Waals surface area contributed by atoms with Gasteiger partial charge in [0.15, 0.2) is 0 Å². The number of hydrogen-bond acceptors (Lipinski definition) is 3. The molecule has 1 heterocycles. The lowest BCUT2D eigenvalue weighted by Crippen LogP contribution is -2.35. The second-order valence-electron chi connectivity index (χ2n) is 5.37. The topological polar surface area (TPSA) is 30.5 Å². The average molecular weight is 332 g/mol. The quantitative estimate of drug-likeness (QED) is 0.834. The normalized spacial score (nSPS) is 23.3. The molecule has 21 heavy (non-hydrogen) atoms. The molecule has 1 saturated heterocycles. The van der Waals surface area contributed by atoms with Gasteiger partial charge in [0.05, 0.1) is 23.8 Å². The summed E-state index contributed by atoms with van der Waals surface area (Å²) in [4.78, 5) is 0. The third-order valence-corrected chi connectivity index (χ3v) is 4.51. The Kier molecular flexibility index (Phi) is 6.18. The van der Waals surface area contributed by atoms with Gasteiger partial charge in [0.2, 0.25) is 0 Å². The maximum Gasteiger partial charge on any atom is 0.139 e. The highest BCUT2D eigenvalue weighted by molar-refractivity contribution is 6.34. The van der Waals surface area contributed by atoms with Gasteiger partial charge in [0, 0.05) is 17.7 Å². The third kappa shape index (κ3) is 3.84. The highest BCUT2D eigenvalue weighted by Gasteiger charge is 2.34. The Morgan fingerprint density at radius 1 is 1.33 bits per heavy atom. The van der Waals surface area contributed by atoms with Gasteiger partial charge in [-0.25, -0.2) is 0 Å². The van der Waals surface area contributed by atoms with Gasteiger partial charge in [0.1, 0.15) is 5.75 Å². The van der Waals surface area contributed by atoms with Crippen LogP contribution in [0.4, 0.5) is 0 Å². The molecule has 2 rings (SSSR count). The van der Waals surface area contributed by atoms with Gasteiger partial charge >= 0.3 is 0 Å². The van der Waals surface area contributed by atoms with Crippen molar-refractivity contribution in [1.29, 1.82) is 0 Å². The van der Waals surface area contributed by atoms with E-state index < -0.39 is 0 Å². The first-order chi connectivity index (χ1) is 10.1. The second kappa shape index (κ2) is 7.68. The van der Waals surface area contributed by atoms with Crippen molar-refractivity contribution in [2.75, 3.05) is 19.8 Å². The fourth-order valence-electron chi connectivity index (χ4n) is 2.81. The molecule has 0 saturated carbocycles. The maximum atomic E-state index is 6.46. The molecule has 5 heteroatoms. The lowest BCUT2D eigenvalue weighted by Gasteiger charge is -2.28. The van der Waals surface area contributed by atoms with Crippen molar-refractivity contribution in [3.05, 3.63) is 27.7 Å². The molecule has 1 fully saturated rings. The second-order valence-corrected chi connectivity index (χ2v) is 6.19. The van der Waals surface area contributed by atoms with Crippen molar-refractivity contribution in [2.45, 2.75) is 39.3 Å². The molecule has 0 spiro atoms. The molecule has 3 nitrogen and oxygen atoms in total. The van der Waals surface area contributed by atoms with Crippen molar-refractivity contribution in [1.82, 2.24) is 5.32 Å². The van der Waals surface area contributed by atoms with Crippen LogP contribution in [0.25, 0.3) is 0 Å². The Bertz CT molecular complexity index is 482. The van der Waals surface area contributed by atoms with E-state index in [4.69, 9.17) is 32.7 Å². The average Bonchev–Trinajstić information content (AvgIpc) is 2.86. The Hall–Kier alpha value is -0.480. The number of nitrogens with one attached hydrogen (secondary N) is 1. The van der Waals surface area contributed by atoms with E-state index in [1.54, 1.807) is 6.07 Å². The lowest BCUT2D eigenvalue weighted by molar-refractivity contribution is 0.0612. The largest absolute Gasteiger partial charge is 0.492 e. The fourth-order valence-corrected chi connectivity index (χ4v) is 3.31. The maximum absolute atomic E-state index is 6.46. The predicted molar refractivity (Wildman–Crippen MR) is 87.6 cm³/mol. The minimum absolute atomic E-state index is 0.0492. The zero-order valence-electron chi connectivity index (χ0n) is 12.8. The van der Waals surface area contributed by atoms with Crippen LogP contribution in [0.1, 0.15) is 38.8 Å². The number of hydrogen-bond donors (Lipinski definition) is 1. The first-order valence-corrected chi connectivity index (χ1v) is 8.30. The molecule has 118 valence electrons. The minimum Gasteiger partial charge on any atom is -0.492 e. The lowest BCUT2D eigenvalue weighted by atomic mass is 9.92. The van der Waals surface area contributed by atoms with E-state index in [9.17, 15) is 0 Å². The first kappa shape index (κ1) is 16.9. The van der Waals surface area contributed by atoms with Gasteiger partial charge in [-0.2, -0.15) is 0 Å². The van der Waals surface area contributed by atoms with Crippen LogP contribution in [0.5, 0.6) is 5.75 Å². The molecule has 3 atom stereocenters. The fraction of sp³-hybridized carbons (Fsp3) is 0.625. The van der Waals surface area contributed by atoms with Crippen molar-refractivity contribution >= 4 is 23.2 Å². The summed E-state index contributed by atoms with van der Waals surface area (Å²) >= 11 is 12.8. The first-order valence-electron chi connectivity index (χ1n) is 7.55. The Morgan fingerprint density at radius 2 is 2.10 bits per heavy atom. The van der Waals surface area contributed by atoms with E-state index in [1.165, 1.54) is 0 Å². The minimum atomic E-state index is 0.0492. The van der Waals surface area contributed by atoms with Gasteiger partial charge in [0.25, 0.3) is 0 Å². The van der Waals surface area contributed by atoms with Crippen molar-refractivity contribution in [2.24, 2.45) is 5.92 Å². The van der Waals surface area contributed by atoms with E-state index in [1.807, 2.05) is 13.0 Å². The molecule has 0 radical (unpaired) electrons. The number of benzene rings is 1. The summed E-state index contributed by atoms with van der Waals surface area (Å²) < 4.78 is 11.4. The standard InChI is InChI=1S/C16H23Cl2NO2/c1-4-19-15(16-10(3)6-7-21-16)11-8-13(18)14(20-5-2)9-12(11)17/h8-10,15-16,19H,4-7H2,1-3H3. The van der Waals surface area contributed by atoms with Crippen LogP contribution in [0.15, 0.2) is 12.1 Å². The van der Waals surface area contributed by atoms with E-state index >= 15 is 0 Å². The van der Waals surface area contributed by atoms with Crippen LogP contribution >= 0.6 is 23.2 Å². The zero-order chi connectivity index (χ0) is 15.4. The van der Waals surface area contributed by atoms with E-state index in [0.29, 0.717) is 28.3 Å². The Labute approximate surface area is 136 Å². The molecular formula is C16H23Cl2NO2. The molecule has 1 aliphatic rings. The molecule has 1 N–H and O–H groups in total. The summed E-state index contributed by atoms with van der Waals surface area (Å²) in [5.74, 6) is 1.12. The molecule has 1 aliphatic heterocycles. The number of halogens is 2. The Morgan fingerprint density at radius 3 is 2.67 bits per heavy atom. The van der Waals surface area contributed by atoms with Crippen LogP contribution in [0, 0.1) is 5.92 Å². The molecule has 3 unspecified atom stereocenters. The summed E-state index contributed by atoms with van der Waals surface area (Å²) in [6.45, 7) is 8.43. The third-order valence-electron chi connectivity index (χ3n) is 3.88. The number of ether oxygens (including phenoxy) is 2. The van der Waals surface area contributed by atoms with Crippen LogP contribution in [0.3, 0.4) is 0 Å². The molecular weight excluding hydrogens is 309 g/mol. The molecule has 1 aromatic carbocycles. The smallest absolute Gasteiger partial charge is 0.139 e. The Balaban J connectivity index is 2.33. The van der Waals surface area contributed by atoms with E-state index in [0.717, 1.165) is 25.1 Å². The highest BCUT2D eigenvalue weighted by atomic mass is 35.5. The zero-order valence-corrected chi connectivity index (χ0v) is 14.3. The molecule has 1 aromatic rings. The van der Waals surface area contributed by atoms with Crippen molar-refractivity contribution in [3.8, 4) is 5.75 Å². The summed E-state index contributed by atoms with van der Waals surface area (Å²) in [5.41, 5.74) is 0.978. The van der Waals surface area contributed by atoms with Gasteiger partial charge < -0.3 is 14.8 Å². The summed E-state index contributed by atoms with van der Waals surface area (Å²) in [5, 5.41) is 4.73. The SMILES string of the molecule is CCNC(c1cc(Cl)c(OCC)cc1Cl)C1OCCC1C. The summed E-state index contributed by atoms with van der Waals surface area (Å²) in [6, 6.07) is 3.75. The number of likely N-dealkylation sites (N-methyl/N-ethyl adjacent to an activating group) is 1. The van der Waals surface area contributed by atoms with Crippen LogP contribution in [-0.2, 0) is 4.74 Å². The van der Waals surface area contributed by atoms with Gasteiger partial charge in [-0.1, -0.05) is 37.0 Å². The molecule has 0 aromatic heterocycles. The van der Waals surface area contributed by atoms with Crippen LogP contribution in [-0.4, -0.2) is 25.9 Å².